The van der Waals surface area contributed by atoms with Gasteiger partial charge in [0.1, 0.15) is 8.24 Å². The SMILES string of the molecule is CC(CN)(CN[Si](C)(C)C(C)(C)C)c1ccccn1. The van der Waals surface area contributed by atoms with Gasteiger partial charge in [-0.3, -0.25) is 4.98 Å². The summed E-state index contributed by atoms with van der Waals surface area (Å²) >= 11 is 0. The van der Waals surface area contributed by atoms with E-state index in [9.17, 15) is 0 Å². The number of nitrogens with zero attached hydrogens (tertiary/aromatic N) is 1. The van der Waals surface area contributed by atoms with Gasteiger partial charge >= 0.3 is 0 Å². The molecular formula is C15H29N3Si. The molecule has 108 valence electrons. The predicted molar refractivity (Wildman–Crippen MR) is 85.8 cm³/mol. The average molecular weight is 280 g/mol. The summed E-state index contributed by atoms with van der Waals surface area (Å²) < 4.78 is 0. The molecule has 1 rings (SSSR count). The zero-order chi connectivity index (χ0) is 14.7. The van der Waals surface area contributed by atoms with E-state index in [1.165, 1.54) is 0 Å². The van der Waals surface area contributed by atoms with Crippen LogP contribution in [0.15, 0.2) is 24.4 Å². The van der Waals surface area contributed by atoms with Gasteiger partial charge in [-0.05, 0) is 17.2 Å². The van der Waals surface area contributed by atoms with Crippen LogP contribution in [0.2, 0.25) is 18.1 Å². The van der Waals surface area contributed by atoms with E-state index in [0.717, 1.165) is 12.2 Å². The fourth-order valence-electron chi connectivity index (χ4n) is 1.67. The van der Waals surface area contributed by atoms with E-state index in [2.05, 4.69) is 56.8 Å². The van der Waals surface area contributed by atoms with Crippen molar-refractivity contribution in [3.63, 3.8) is 0 Å². The highest BCUT2D eigenvalue weighted by atomic mass is 28.3. The van der Waals surface area contributed by atoms with Crippen LogP contribution in [0.5, 0.6) is 0 Å². The van der Waals surface area contributed by atoms with Crippen LogP contribution in [0.1, 0.15) is 33.4 Å². The number of hydrogen-bond acceptors (Lipinski definition) is 3. The molecule has 0 saturated heterocycles. The molecule has 1 heterocycles. The molecule has 0 amide bonds. The zero-order valence-corrected chi connectivity index (χ0v) is 14.2. The Labute approximate surface area is 119 Å². The van der Waals surface area contributed by atoms with Gasteiger partial charge in [0.2, 0.25) is 0 Å². The third-order valence-corrected chi connectivity index (χ3v) is 9.34. The molecular weight excluding hydrogens is 250 g/mol. The highest BCUT2D eigenvalue weighted by molar-refractivity contribution is 6.77. The molecule has 0 fully saturated rings. The largest absolute Gasteiger partial charge is 0.336 e. The Morgan fingerprint density at radius 2 is 1.84 bits per heavy atom. The molecule has 19 heavy (non-hydrogen) atoms. The highest BCUT2D eigenvalue weighted by Crippen LogP contribution is 2.34. The van der Waals surface area contributed by atoms with Crippen molar-refractivity contribution in [3.05, 3.63) is 30.1 Å². The van der Waals surface area contributed by atoms with Gasteiger partial charge in [0.25, 0.3) is 0 Å². The summed E-state index contributed by atoms with van der Waals surface area (Å²) in [4.78, 5) is 8.29. The van der Waals surface area contributed by atoms with Crippen molar-refractivity contribution in [1.82, 2.24) is 9.97 Å². The second-order valence-corrected chi connectivity index (χ2v) is 12.3. The smallest absolute Gasteiger partial charge is 0.124 e. The Morgan fingerprint density at radius 1 is 1.21 bits per heavy atom. The molecule has 0 radical (unpaired) electrons. The average Bonchev–Trinajstić information content (AvgIpc) is 2.36. The Balaban J connectivity index is 2.84. The van der Waals surface area contributed by atoms with Gasteiger partial charge in [-0.25, -0.2) is 0 Å². The molecule has 1 atom stereocenters. The normalized spacial score (nSPS) is 16.2. The predicted octanol–water partition coefficient (Wildman–Crippen LogP) is 2.89. The van der Waals surface area contributed by atoms with Gasteiger partial charge in [0, 0.05) is 30.4 Å². The fourth-order valence-corrected chi connectivity index (χ4v) is 3.03. The molecule has 0 spiro atoms. The zero-order valence-electron chi connectivity index (χ0n) is 13.2. The molecule has 0 aliphatic heterocycles. The van der Waals surface area contributed by atoms with Crippen LogP contribution >= 0.6 is 0 Å². The molecule has 1 aromatic rings. The first-order valence-corrected chi connectivity index (χ1v) is 9.99. The number of rotatable bonds is 5. The molecule has 0 saturated carbocycles. The number of nitrogens with two attached hydrogens (primary N) is 1. The van der Waals surface area contributed by atoms with Crippen LogP contribution in [0, 0.1) is 0 Å². The van der Waals surface area contributed by atoms with Gasteiger partial charge in [-0.1, -0.05) is 46.9 Å². The molecule has 0 aliphatic rings. The van der Waals surface area contributed by atoms with E-state index < -0.39 is 8.24 Å². The molecule has 1 aromatic heterocycles. The fraction of sp³-hybridized carbons (Fsp3) is 0.667. The summed E-state index contributed by atoms with van der Waals surface area (Å²) in [5.74, 6) is 0. The van der Waals surface area contributed by atoms with Crippen LogP contribution in [0.25, 0.3) is 0 Å². The lowest BCUT2D eigenvalue weighted by atomic mass is 9.86. The minimum Gasteiger partial charge on any atom is -0.336 e. The molecule has 4 heteroatoms. The maximum atomic E-state index is 6.01. The van der Waals surface area contributed by atoms with Crippen LogP contribution in [0.4, 0.5) is 0 Å². The first-order chi connectivity index (χ1) is 8.62. The Morgan fingerprint density at radius 3 is 2.26 bits per heavy atom. The van der Waals surface area contributed by atoms with E-state index in [1.54, 1.807) is 0 Å². The lowest BCUT2D eigenvalue weighted by molar-refractivity contribution is 0.457. The summed E-state index contributed by atoms with van der Waals surface area (Å²) in [7, 11) is -1.50. The van der Waals surface area contributed by atoms with Crippen molar-refractivity contribution in [1.29, 1.82) is 0 Å². The first kappa shape index (κ1) is 16.3. The summed E-state index contributed by atoms with van der Waals surface area (Å²) in [6.07, 6.45) is 1.84. The summed E-state index contributed by atoms with van der Waals surface area (Å²) in [5.41, 5.74) is 6.99. The third kappa shape index (κ3) is 3.88. The highest BCUT2D eigenvalue weighted by Gasteiger charge is 2.37. The quantitative estimate of drug-likeness (QED) is 0.815. The third-order valence-electron chi connectivity index (χ3n) is 4.53. The van der Waals surface area contributed by atoms with Crippen LogP contribution in [-0.2, 0) is 5.41 Å². The Bertz CT molecular complexity index is 398. The van der Waals surface area contributed by atoms with E-state index in [4.69, 9.17) is 5.73 Å². The molecule has 0 aliphatic carbocycles. The van der Waals surface area contributed by atoms with E-state index in [1.807, 2.05) is 18.3 Å². The topological polar surface area (TPSA) is 50.9 Å². The lowest BCUT2D eigenvalue weighted by Gasteiger charge is -2.40. The summed E-state index contributed by atoms with van der Waals surface area (Å²) in [6.45, 7) is 15.4. The van der Waals surface area contributed by atoms with Crippen molar-refractivity contribution >= 4 is 8.24 Å². The second-order valence-electron chi connectivity index (χ2n) is 7.21. The molecule has 3 N–H and O–H groups in total. The van der Waals surface area contributed by atoms with Crippen molar-refractivity contribution in [3.8, 4) is 0 Å². The number of hydrogen-bond donors (Lipinski definition) is 2. The van der Waals surface area contributed by atoms with Gasteiger partial charge in [0.05, 0.1) is 0 Å². The van der Waals surface area contributed by atoms with Crippen LogP contribution < -0.4 is 10.7 Å². The first-order valence-electron chi connectivity index (χ1n) is 6.99. The van der Waals surface area contributed by atoms with Crippen molar-refractivity contribution in [2.24, 2.45) is 5.73 Å². The van der Waals surface area contributed by atoms with Crippen LogP contribution in [-0.4, -0.2) is 26.3 Å². The Hall–Kier alpha value is -0.713. The van der Waals surface area contributed by atoms with Crippen molar-refractivity contribution in [2.45, 2.75) is 51.2 Å². The minimum absolute atomic E-state index is 0.100. The van der Waals surface area contributed by atoms with E-state index in [0.29, 0.717) is 11.6 Å². The van der Waals surface area contributed by atoms with Gasteiger partial charge in [-0.2, -0.15) is 0 Å². The van der Waals surface area contributed by atoms with E-state index in [-0.39, 0.29) is 5.41 Å². The van der Waals surface area contributed by atoms with Crippen molar-refractivity contribution < 1.29 is 0 Å². The molecule has 0 aromatic carbocycles. The van der Waals surface area contributed by atoms with Crippen molar-refractivity contribution in [2.75, 3.05) is 13.1 Å². The number of aromatic nitrogens is 1. The van der Waals surface area contributed by atoms with E-state index >= 15 is 0 Å². The van der Waals surface area contributed by atoms with Gasteiger partial charge in [0.15, 0.2) is 0 Å². The maximum absolute atomic E-state index is 6.01. The minimum atomic E-state index is -1.50. The second kappa shape index (κ2) is 5.73. The number of pyridine rings is 1. The summed E-state index contributed by atoms with van der Waals surface area (Å²) in [5, 5.41) is 0.326. The standard InChI is InChI=1S/C15H29N3Si/c1-14(2,3)19(5,6)18-12-15(4,11-16)13-9-7-8-10-17-13/h7-10,18H,11-12,16H2,1-6H3. The van der Waals surface area contributed by atoms with Gasteiger partial charge in [-0.15, -0.1) is 0 Å². The summed E-state index contributed by atoms with van der Waals surface area (Å²) in [6, 6.07) is 6.05. The number of nitrogens with one attached hydrogen (secondary N) is 1. The van der Waals surface area contributed by atoms with Crippen LogP contribution in [0.3, 0.4) is 0 Å². The maximum Gasteiger partial charge on any atom is 0.124 e. The Kier molecular flexibility index (Phi) is 4.93. The molecule has 1 unspecified atom stereocenters. The van der Waals surface area contributed by atoms with Gasteiger partial charge < -0.3 is 10.7 Å². The molecule has 3 nitrogen and oxygen atoms in total. The molecule has 0 bridgehead atoms. The monoisotopic (exact) mass is 279 g/mol. The lowest BCUT2D eigenvalue weighted by Crippen LogP contribution is -2.57.